The minimum Gasteiger partial charge on any atom is -0.274 e. The molecule has 0 aliphatic carbocycles. The highest BCUT2D eigenvalue weighted by molar-refractivity contribution is 9.09. The van der Waals surface area contributed by atoms with Crippen LogP contribution in [0.4, 0.5) is 0 Å². The molecule has 0 N–H and O–H groups in total. The lowest BCUT2D eigenvalue weighted by molar-refractivity contribution is 0.714. The predicted octanol–water partition coefficient (Wildman–Crippen LogP) is 1.46. The molecule has 14 heavy (non-hydrogen) atoms. The van der Waals surface area contributed by atoms with E-state index in [1.54, 1.807) is 9.36 Å². The normalized spacial score (nSPS) is 13.1. The number of nitrogens with zero attached hydrogens (tertiary/aromatic N) is 5. The molecule has 0 saturated carbocycles. The van der Waals surface area contributed by atoms with Crippen molar-refractivity contribution in [2.45, 2.75) is 11.8 Å². The molecule has 0 aromatic carbocycles. The third-order valence-electron chi connectivity index (χ3n) is 1.85. The van der Waals surface area contributed by atoms with Crippen LogP contribution in [0.1, 0.15) is 17.4 Å². The molecular weight excluding hydrogens is 246 g/mol. The summed E-state index contributed by atoms with van der Waals surface area (Å²) in [5, 5.41) is 12.2. The Bertz CT molecular complexity index is 430. The number of alkyl halides is 1. The van der Waals surface area contributed by atoms with Gasteiger partial charge >= 0.3 is 0 Å². The zero-order valence-corrected chi connectivity index (χ0v) is 9.51. The molecule has 0 aliphatic heterocycles. The topological polar surface area (TPSA) is 48.5 Å². The van der Waals surface area contributed by atoms with Gasteiger partial charge in [-0.25, -0.2) is 4.68 Å². The van der Waals surface area contributed by atoms with Crippen LogP contribution >= 0.6 is 15.9 Å². The number of hydrogen-bond donors (Lipinski definition) is 0. The molecule has 0 saturated heterocycles. The average Bonchev–Trinajstić information content (AvgIpc) is 2.70. The number of rotatable bonds is 2. The highest BCUT2D eigenvalue weighted by Crippen LogP contribution is 2.18. The van der Waals surface area contributed by atoms with Gasteiger partial charge in [-0.1, -0.05) is 21.1 Å². The van der Waals surface area contributed by atoms with Crippen molar-refractivity contribution in [3.05, 3.63) is 24.2 Å². The van der Waals surface area contributed by atoms with E-state index in [4.69, 9.17) is 0 Å². The van der Waals surface area contributed by atoms with Gasteiger partial charge in [0.15, 0.2) is 5.82 Å². The van der Waals surface area contributed by atoms with Crippen molar-refractivity contribution in [1.29, 1.82) is 0 Å². The fraction of sp³-hybridized carbons (Fsp3) is 0.375. The lowest BCUT2D eigenvalue weighted by atomic mass is 10.4. The highest BCUT2D eigenvalue weighted by atomic mass is 79.9. The summed E-state index contributed by atoms with van der Waals surface area (Å²) in [7, 11) is 1.87. The molecule has 1 atom stereocenters. The second-order valence-electron chi connectivity index (χ2n) is 3.05. The summed E-state index contributed by atoms with van der Waals surface area (Å²) in [4.78, 5) is 0.208. The molecule has 2 heterocycles. The maximum absolute atomic E-state index is 4.22. The van der Waals surface area contributed by atoms with Gasteiger partial charge in [-0.15, -0.1) is 5.10 Å². The van der Waals surface area contributed by atoms with Gasteiger partial charge in [0.2, 0.25) is 0 Å². The van der Waals surface area contributed by atoms with E-state index in [9.17, 15) is 0 Å². The molecular formula is C8H10BrN5. The van der Waals surface area contributed by atoms with Gasteiger partial charge in [-0.3, -0.25) is 4.68 Å². The Morgan fingerprint density at radius 3 is 2.79 bits per heavy atom. The minimum atomic E-state index is 0.208. The first-order chi connectivity index (χ1) is 6.66. The molecule has 6 heteroatoms. The van der Waals surface area contributed by atoms with Crippen LogP contribution in [0.3, 0.4) is 0 Å². The fourth-order valence-electron chi connectivity index (χ4n) is 1.10. The smallest absolute Gasteiger partial charge is 0.176 e. The average molecular weight is 256 g/mol. The van der Waals surface area contributed by atoms with E-state index in [0.717, 1.165) is 11.5 Å². The van der Waals surface area contributed by atoms with Crippen molar-refractivity contribution in [3.63, 3.8) is 0 Å². The van der Waals surface area contributed by atoms with Crippen LogP contribution in [0.5, 0.6) is 0 Å². The summed E-state index contributed by atoms with van der Waals surface area (Å²) in [6, 6.07) is 1.89. The molecule has 2 aromatic heterocycles. The van der Waals surface area contributed by atoms with Gasteiger partial charge in [0.05, 0.1) is 16.7 Å². The Hall–Kier alpha value is -1.17. The summed E-state index contributed by atoms with van der Waals surface area (Å²) in [6.07, 6.45) is 3.73. The molecule has 0 aliphatic rings. The Balaban J connectivity index is 2.33. The van der Waals surface area contributed by atoms with Crippen LogP contribution in [-0.2, 0) is 7.05 Å². The summed E-state index contributed by atoms with van der Waals surface area (Å²) in [5.74, 6) is 0.777. The minimum absolute atomic E-state index is 0.208. The zero-order chi connectivity index (χ0) is 10.1. The van der Waals surface area contributed by atoms with Gasteiger partial charge in [-0.2, -0.15) is 5.10 Å². The lowest BCUT2D eigenvalue weighted by Gasteiger charge is -1.93. The van der Waals surface area contributed by atoms with Crippen molar-refractivity contribution >= 4 is 15.9 Å². The van der Waals surface area contributed by atoms with E-state index < -0.39 is 0 Å². The van der Waals surface area contributed by atoms with Gasteiger partial charge in [0, 0.05) is 19.3 Å². The number of aryl methyl sites for hydroxylation is 1. The van der Waals surface area contributed by atoms with Crippen LogP contribution in [0.2, 0.25) is 0 Å². The number of halogens is 1. The molecule has 1 unspecified atom stereocenters. The van der Waals surface area contributed by atoms with Crippen LogP contribution in [0, 0.1) is 0 Å². The first kappa shape index (κ1) is 9.39. The first-order valence-electron chi connectivity index (χ1n) is 4.23. The largest absolute Gasteiger partial charge is 0.274 e. The Morgan fingerprint density at radius 1 is 1.50 bits per heavy atom. The number of hydrogen-bond acceptors (Lipinski definition) is 3. The van der Waals surface area contributed by atoms with E-state index in [2.05, 4.69) is 31.3 Å². The van der Waals surface area contributed by atoms with Crippen molar-refractivity contribution in [2.24, 2.45) is 7.05 Å². The molecule has 74 valence electrons. The van der Waals surface area contributed by atoms with Crippen LogP contribution in [-0.4, -0.2) is 24.8 Å². The van der Waals surface area contributed by atoms with E-state index >= 15 is 0 Å². The molecule has 0 radical (unpaired) electrons. The van der Waals surface area contributed by atoms with Crippen LogP contribution < -0.4 is 0 Å². The summed E-state index contributed by atoms with van der Waals surface area (Å²) >= 11 is 3.43. The maximum Gasteiger partial charge on any atom is 0.176 e. The van der Waals surface area contributed by atoms with E-state index in [-0.39, 0.29) is 4.83 Å². The van der Waals surface area contributed by atoms with Crippen molar-refractivity contribution in [2.75, 3.05) is 0 Å². The van der Waals surface area contributed by atoms with Crippen molar-refractivity contribution in [1.82, 2.24) is 24.8 Å². The van der Waals surface area contributed by atoms with Gasteiger partial charge in [-0.05, 0) is 6.92 Å². The van der Waals surface area contributed by atoms with Crippen molar-refractivity contribution < 1.29 is 0 Å². The standard InChI is InChI=1S/C8H10BrN5/c1-6(9)7-5-14(12-10-7)8-3-4-13(2)11-8/h3-6H,1-2H3. The highest BCUT2D eigenvalue weighted by Gasteiger charge is 2.08. The Kier molecular flexibility index (Phi) is 2.37. The second kappa shape index (κ2) is 3.53. The quantitative estimate of drug-likeness (QED) is 0.764. The maximum atomic E-state index is 4.22. The fourth-order valence-corrected chi connectivity index (χ4v) is 1.31. The molecule has 2 aromatic rings. The van der Waals surface area contributed by atoms with E-state index in [0.29, 0.717) is 0 Å². The molecule has 0 spiro atoms. The predicted molar refractivity (Wildman–Crippen MR) is 55.5 cm³/mol. The molecule has 0 bridgehead atoms. The number of aromatic nitrogens is 5. The zero-order valence-electron chi connectivity index (χ0n) is 7.92. The Labute approximate surface area is 89.9 Å². The first-order valence-corrected chi connectivity index (χ1v) is 5.15. The third kappa shape index (κ3) is 1.70. The van der Waals surface area contributed by atoms with Crippen LogP contribution in [0.25, 0.3) is 5.82 Å². The monoisotopic (exact) mass is 255 g/mol. The summed E-state index contributed by atoms with van der Waals surface area (Å²) in [6.45, 7) is 2.01. The lowest BCUT2D eigenvalue weighted by Crippen LogP contribution is -1.97. The van der Waals surface area contributed by atoms with Gasteiger partial charge in [0.25, 0.3) is 0 Å². The third-order valence-corrected chi connectivity index (χ3v) is 2.32. The van der Waals surface area contributed by atoms with Crippen molar-refractivity contribution in [3.8, 4) is 5.82 Å². The Morgan fingerprint density at radius 2 is 2.29 bits per heavy atom. The second-order valence-corrected chi connectivity index (χ2v) is 4.43. The van der Waals surface area contributed by atoms with Crippen LogP contribution in [0.15, 0.2) is 18.5 Å². The van der Waals surface area contributed by atoms with Gasteiger partial charge < -0.3 is 0 Å². The van der Waals surface area contributed by atoms with E-state index in [1.165, 1.54) is 0 Å². The molecule has 5 nitrogen and oxygen atoms in total. The summed E-state index contributed by atoms with van der Waals surface area (Å²) in [5.41, 5.74) is 0.899. The molecule has 0 amide bonds. The SMILES string of the molecule is CC(Br)c1cn(-c2ccn(C)n2)nn1. The molecule has 0 fully saturated rings. The molecule has 2 rings (SSSR count). The van der Waals surface area contributed by atoms with E-state index in [1.807, 2.05) is 32.4 Å². The van der Waals surface area contributed by atoms with Gasteiger partial charge in [0.1, 0.15) is 0 Å². The summed E-state index contributed by atoms with van der Waals surface area (Å²) < 4.78 is 3.39.